The van der Waals surface area contributed by atoms with E-state index in [0.717, 1.165) is 41.8 Å². The van der Waals surface area contributed by atoms with Crippen molar-refractivity contribution >= 4 is 17.3 Å². The standard InChI is InChI=1S/C20H21FN2O3/c1-3-26-20(24)19-18-12-5-4-11(8-12)17(18)15(10-22-19)23-13-6-7-14(21)16(9-13)25-2/h6-7,9-12,23H,3-5,8H2,1-2H3. The molecule has 2 aromatic rings. The first-order valence-corrected chi connectivity index (χ1v) is 8.92. The number of anilines is 2. The number of esters is 1. The number of benzene rings is 1. The van der Waals surface area contributed by atoms with Gasteiger partial charge in [0.25, 0.3) is 0 Å². The van der Waals surface area contributed by atoms with Gasteiger partial charge in [-0.15, -0.1) is 0 Å². The van der Waals surface area contributed by atoms with Crippen molar-refractivity contribution in [1.29, 1.82) is 0 Å². The molecule has 1 saturated carbocycles. The molecule has 2 aliphatic rings. The van der Waals surface area contributed by atoms with Gasteiger partial charge in [-0.05, 0) is 61.3 Å². The van der Waals surface area contributed by atoms with Crippen LogP contribution in [0.25, 0.3) is 0 Å². The Balaban J connectivity index is 1.73. The topological polar surface area (TPSA) is 60.5 Å². The number of pyridine rings is 1. The fourth-order valence-corrected chi connectivity index (χ4v) is 4.25. The van der Waals surface area contributed by atoms with Crippen LogP contribution in [0.1, 0.15) is 59.6 Å². The molecule has 1 aromatic heterocycles. The molecule has 4 rings (SSSR count). The van der Waals surface area contributed by atoms with Crippen molar-refractivity contribution in [3.63, 3.8) is 0 Å². The molecule has 1 heterocycles. The third-order valence-corrected chi connectivity index (χ3v) is 5.31. The Labute approximate surface area is 151 Å². The Bertz CT molecular complexity index is 868. The summed E-state index contributed by atoms with van der Waals surface area (Å²) in [4.78, 5) is 16.7. The minimum atomic E-state index is -0.405. The van der Waals surface area contributed by atoms with Crippen molar-refractivity contribution < 1.29 is 18.7 Å². The van der Waals surface area contributed by atoms with Gasteiger partial charge in [0.2, 0.25) is 0 Å². The number of halogens is 1. The molecule has 2 aliphatic carbocycles. The van der Waals surface area contributed by atoms with Crippen LogP contribution in [0.2, 0.25) is 0 Å². The van der Waals surface area contributed by atoms with Gasteiger partial charge in [-0.1, -0.05) is 0 Å². The van der Waals surface area contributed by atoms with Gasteiger partial charge < -0.3 is 14.8 Å². The number of hydrogen-bond donors (Lipinski definition) is 1. The second kappa shape index (κ2) is 6.59. The maximum atomic E-state index is 13.6. The molecule has 0 radical (unpaired) electrons. The first-order chi connectivity index (χ1) is 12.6. The summed E-state index contributed by atoms with van der Waals surface area (Å²) < 4.78 is 23.9. The highest BCUT2D eigenvalue weighted by atomic mass is 19.1. The summed E-state index contributed by atoms with van der Waals surface area (Å²) in [5.74, 6) is 0.219. The molecule has 2 unspecified atom stereocenters. The van der Waals surface area contributed by atoms with E-state index in [1.807, 2.05) is 0 Å². The number of fused-ring (bicyclic) bond motifs is 5. The average Bonchev–Trinajstić information content (AvgIpc) is 3.26. The third-order valence-electron chi connectivity index (χ3n) is 5.31. The molecule has 5 nitrogen and oxygen atoms in total. The van der Waals surface area contributed by atoms with E-state index in [0.29, 0.717) is 24.1 Å². The lowest BCUT2D eigenvalue weighted by atomic mass is 9.89. The smallest absolute Gasteiger partial charge is 0.357 e. The molecule has 1 N–H and O–H groups in total. The van der Waals surface area contributed by atoms with Crippen molar-refractivity contribution in [2.45, 2.75) is 38.0 Å². The summed E-state index contributed by atoms with van der Waals surface area (Å²) in [6.07, 6.45) is 4.93. The highest BCUT2D eigenvalue weighted by molar-refractivity contribution is 5.91. The molecular formula is C20H21FN2O3. The predicted molar refractivity (Wildman–Crippen MR) is 95.8 cm³/mol. The van der Waals surface area contributed by atoms with Gasteiger partial charge in [0.1, 0.15) is 0 Å². The Hall–Kier alpha value is -2.63. The van der Waals surface area contributed by atoms with E-state index >= 15 is 0 Å². The predicted octanol–water partition coefficient (Wildman–Crippen LogP) is 4.51. The van der Waals surface area contributed by atoms with Crippen LogP contribution in [-0.4, -0.2) is 24.7 Å². The van der Waals surface area contributed by atoms with E-state index in [-0.39, 0.29) is 11.7 Å². The Kier molecular flexibility index (Phi) is 4.26. The second-order valence-electron chi connectivity index (χ2n) is 6.75. The lowest BCUT2D eigenvalue weighted by Crippen LogP contribution is -2.15. The number of hydrogen-bond acceptors (Lipinski definition) is 5. The van der Waals surface area contributed by atoms with E-state index in [4.69, 9.17) is 9.47 Å². The molecule has 1 fully saturated rings. The second-order valence-corrected chi connectivity index (χ2v) is 6.75. The van der Waals surface area contributed by atoms with Crippen LogP contribution in [0.4, 0.5) is 15.8 Å². The lowest BCUT2D eigenvalue weighted by molar-refractivity contribution is 0.0517. The molecule has 0 amide bonds. The number of methoxy groups -OCH3 is 1. The largest absolute Gasteiger partial charge is 0.494 e. The number of rotatable bonds is 5. The summed E-state index contributed by atoms with van der Waals surface area (Å²) in [5.41, 5.74) is 4.21. The van der Waals surface area contributed by atoms with Crippen LogP contribution >= 0.6 is 0 Å². The minimum Gasteiger partial charge on any atom is -0.494 e. The van der Waals surface area contributed by atoms with Gasteiger partial charge in [0, 0.05) is 11.8 Å². The van der Waals surface area contributed by atoms with Gasteiger partial charge in [0.05, 0.1) is 25.6 Å². The number of carbonyl (C=O) groups excluding carboxylic acids is 1. The number of ether oxygens (including phenoxy) is 2. The normalized spacial score (nSPS) is 20.0. The van der Waals surface area contributed by atoms with Crippen LogP contribution in [0.5, 0.6) is 5.75 Å². The molecule has 2 atom stereocenters. The Morgan fingerprint density at radius 1 is 1.31 bits per heavy atom. The molecule has 6 heteroatoms. The number of carbonyl (C=O) groups is 1. The van der Waals surface area contributed by atoms with Crippen molar-refractivity contribution in [3.8, 4) is 5.75 Å². The van der Waals surface area contributed by atoms with Gasteiger partial charge in [-0.3, -0.25) is 0 Å². The zero-order valence-electron chi connectivity index (χ0n) is 14.8. The van der Waals surface area contributed by atoms with Crippen molar-refractivity contribution in [1.82, 2.24) is 4.98 Å². The number of nitrogens with one attached hydrogen (secondary N) is 1. The van der Waals surface area contributed by atoms with Gasteiger partial charge in [-0.2, -0.15) is 0 Å². The van der Waals surface area contributed by atoms with Crippen LogP contribution in [0, 0.1) is 5.82 Å². The van der Waals surface area contributed by atoms with Gasteiger partial charge in [-0.25, -0.2) is 14.2 Å². The van der Waals surface area contributed by atoms with Crippen LogP contribution in [-0.2, 0) is 4.74 Å². The van der Waals surface area contributed by atoms with Gasteiger partial charge >= 0.3 is 5.97 Å². The minimum absolute atomic E-state index is 0.185. The van der Waals surface area contributed by atoms with Crippen molar-refractivity contribution in [2.24, 2.45) is 0 Å². The summed E-state index contributed by atoms with van der Waals surface area (Å²) in [6.45, 7) is 2.13. The Morgan fingerprint density at radius 2 is 2.08 bits per heavy atom. The highest BCUT2D eigenvalue weighted by Crippen LogP contribution is 2.56. The summed E-state index contributed by atoms with van der Waals surface area (Å²) >= 11 is 0. The molecule has 1 aromatic carbocycles. The van der Waals surface area contributed by atoms with Crippen molar-refractivity contribution in [3.05, 3.63) is 47.0 Å². The maximum Gasteiger partial charge on any atom is 0.357 e. The third kappa shape index (κ3) is 2.69. The first-order valence-electron chi connectivity index (χ1n) is 8.92. The maximum absolute atomic E-state index is 13.6. The summed E-state index contributed by atoms with van der Waals surface area (Å²) in [6, 6.07) is 4.65. The first kappa shape index (κ1) is 16.8. The molecule has 0 spiro atoms. The molecule has 2 bridgehead atoms. The molecule has 0 saturated heterocycles. The number of aromatic nitrogens is 1. The average molecular weight is 356 g/mol. The van der Waals surface area contributed by atoms with E-state index < -0.39 is 5.82 Å². The Morgan fingerprint density at radius 3 is 2.81 bits per heavy atom. The quantitative estimate of drug-likeness (QED) is 0.799. The molecule has 26 heavy (non-hydrogen) atoms. The zero-order valence-corrected chi connectivity index (χ0v) is 14.8. The zero-order chi connectivity index (χ0) is 18.3. The molecular weight excluding hydrogens is 335 g/mol. The van der Waals surface area contributed by atoms with Crippen LogP contribution in [0.15, 0.2) is 24.4 Å². The SMILES string of the molecule is CCOC(=O)c1ncc(Nc2ccc(F)c(OC)c2)c2c1C1CCC2C1. The monoisotopic (exact) mass is 356 g/mol. The van der Waals surface area contributed by atoms with E-state index in [1.54, 1.807) is 25.3 Å². The van der Waals surface area contributed by atoms with Crippen LogP contribution < -0.4 is 10.1 Å². The highest BCUT2D eigenvalue weighted by Gasteiger charge is 2.42. The fourth-order valence-electron chi connectivity index (χ4n) is 4.25. The summed E-state index contributed by atoms with van der Waals surface area (Å²) in [5, 5.41) is 3.33. The fraction of sp³-hybridized carbons (Fsp3) is 0.400. The number of nitrogens with zero attached hydrogens (tertiary/aromatic N) is 1. The van der Waals surface area contributed by atoms with Crippen molar-refractivity contribution in [2.75, 3.05) is 19.0 Å². The van der Waals surface area contributed by atoms with E-state index in [9.17, 15) is 9.18 Å². The van der Waals surface area contributed by atoms with E-state index in [2.05, 4.69) is 10.3 Å². The van der Waals surface area contributed by atoms with Crippen LogP contribution in [0.3, 0.4) is 0 Å². The lowest BCUT2D eigenvalue weighted by Gasteiger charge is -2.21. The van der Waals surface area contributed by atoms with E-state index in [1.165, 1.54) is 13.2 Å². The summed E-state index contributed by atoms with van der Waals surface area (Å²) in [7, 11) is 1.44. The molecule has 136 valence electrons. The molecule has 0 aliphatic heterocycles. The van der Waals surface area contributed by atoms with Gasteiger partial charge in [0.15, 0.2) is 17.3 Å².